The molecule has 1 aromatic rings. The van der Waals surface area contributed by atoms with Gasteiger partial charge in [-0.15, -0.1) is 0 Å². The summed E-state index contributed by atoms with van der Waals surface area (Å²) in [7, 11) is 1.30. The van der Waals surface area contributed by atoms with Crippen LogP contribution in [0.2, 0.25) is 5.02 Å². The van der Waals surface area contributed by atoms with Gasteiger partial charge in [0.2, 0.25) is 5.91 Å². The highest BCUT2D eigenvalue weighted by molar-refractivity contribution is 7.99. The fourth-order valence-corrected chi connectivity index (χ4v) is 2.26. The van der Waals surface area contributed by atoms with Crippen molar-refractivity contribution in [2.45, 2.75) is 6.42 Å². The highest BCUT2D eigenvalue weighted by atomic mass is 35.5. The number of thioether (sulfide) groups is 1. The predicted molar refractivity (Wildman–Crippen MR) is 80.7 cm³/mol. The largest absolute Gasteiger partial charge is 0.469 e. The van der Waals surface area contributed by atoms with Crippen molar-refractivity contribution in [1.29, 1.82) is 0 Å². The minimum atomic E-state index is -0.569. The van der Waals surface area contributed by atoms with Gasteiger partial charge in [0.25, 0.3) is 5.69 Å². The number of non-ortho nitro benzene ring substituents is 1. The van der Waals surface area contributed by atoms with Gasteiger partial charge in [-0.2, -0.15) is 11.8 Å². The lowest BCUT2D eigenvalue weighted by Crippen LogP contribution is -2.15. The summed E-state index contributed by atoms with van der Waals surface area (Å²) in [5.41, 5.74) is 0.159. The van der Waals surface area contributed by atoms with Crippen molar-refractivity contribution < 1.29 is 19.2 Å². The molecule has 0 saturated carbocycles. The topological polar surface area (TPSA) is 98.5 Å². The second-order valence-corrected chi connectivity index (χ2v) is 5.36. The molecule has 0 radical (unpaired) electrons. The van der Waals surface area contributed by atoms with Gasteiger partial charge in [0.1, 0.15) is 0 Å². The molecule has 0 aromatic heterocycles. The van der Waals surface area contributed by atoms with Crippen LogP contribution < -0.4 is 5.32 Å². The van der Waals surface area contributed by atoms with Crippen LogP contribution in [0, 0.1) is 10.1 Å². The highest BCUT2D eigenvalue weighted by Gasteiger charge is 2.11. The third-order valence-corrected chi connectivity index (χ3v) is 3.62. The first kappa shape index (κ1) is 17.3. The highest BCUT2D eigenvalue weighted by Crippen LogP contribution is 2.26. The third kappa shape index (κ3) is 6.01. The average Bonchev–Trinajstić information content (AvgIpc) is 2.45. The van der Waals surface area contributed by atoms with Gasteiger partial charge in [0.15, 0.2) is 0 Å². The first-order valence-corrected chi connectivity index (χ1v) is 7.35. The molecule has 1 aromatic carbocycles. The molecule has 0 unspecified atom stereocenters. The number of nitrogens with zero attached hydrogens (tertiary/aromatic N) is 1. The molecule has 9 heteroatoms. The Bertz CT molecular complexity index is 552. The Labute approximate surface area is 130 Å². The van der Waals surface area contributed by atoms with Crippen LogP contribution in [-0.4, -0.2) is 35.4 Å². The number of ether oxygens (including phenoxy) is 1. The zero-order valence-corrected chi connectivity index (χ0v) is 12.7. The number of esters is 1. The third-order valence-electron chi connectivity index (χ3n) is 2.35. The summed E-state index contributed by atoms with van der Waals surface area (Å²) < 4.78 is 4.47. The second-order valence-electron chi connectivity index (χ2n) is 3.85. The van der Waals surface area contributed by atoms with Crippen LogP contribution >= 0.6 is 23.4 Å². The Hall–Kier alpha value is -1.80. The minimum absolute atomic E-state index is 0.0945. The molecule has 1 amide bonds. The van der Waals surface area contributed by atoms with Gasteiger partial charge in [0, 0.05) is 17.9 Å². The SMILES string of the molecule is COC(=O)CCSCC(=O)Nc1ccc([N+](=O)[O-])cc1Cl. The molecule has 0 bridgehead atoms. The smallest absolute Gasteiger partial charge is 0.306 e. The number of rotatable bonds is 7. The Morgan fingerprint density at radius 3 is 2.76 bits per heavy atom. The maximum Gasteiger partial charge on any atom is 0.306 e. The molecule has 1 rings (SSSR count). The lowest BCUT2D eigenvalue weighted by atomic mass is 10.3. The minimum Gasteiger partial charge on any atom is -0.469 e. The zero-order chi connectivity index (χ0) is 15.8. The Morgan fingerprint density at radius 1 is 1.48 bits per heavy atom. The van der Waals surface area contributed by atoms with Gasteiger partial charge in [-0.05, 0) is 6.07 Å². The van der Waals surface area contributed by atoms with Gasteiger partial charge in [-0.1, -0.05) is 11.6 Å². The molecule has 1 N–H and O–H groups in total. The van der Waals surface area contributed by atoms with Crippen molar-refractivity contribution in [3.05, 3.63) is 33.3 Å². The normalized spacial score (nSPS) is 10.0. The number of carbonyl (C=O) groups excluding carboxylic acids is 2. The van der Waals surface area contributed by atoms with E-state index in [2.05, 4.69) is 10.1 Å². The number of hydrogen-bond acceptors (Lipinski definition) is 6. The van der Waals surface area contributed by atoms with Gasteiger partial charge in [0.05, 0.1) is 34.9 Å². The second kappa shape index (κ2) is 8.48. The predicted octanol–water partition coefficient (Wildman–Crippen LogP) is 2.48. The average molecular weight is 333 g/mol. The molecule has 0 heterocycles. The van der Waals surface area contributed by atoms with Crippen LogP contribution in [0.5, 0.6) is 0 Å². The van der Waals surface area contributed by atoms with Crippen molar-refractivity contribution in [3.63, 3.8) is 0 Å². The van der Waals surface area contributed by atoms with Crippen molar-refractivity contribution in [2.24, 2.45) is 0 Å². The summed E-state index contributed by atoms with van der Waals surface area (Å²) in [5.74, 6) is -0.0276. The number of nitrogens with one attached hydrogen (secondary N) is 1. The van der Waals surface area contributed by atoms with E-state index in [4.69, 9.17) is 11.6 Å². The molecule has 21 heavy (non-hydrogen) atoms. The molecule has 0 fully saturated rings. The molecule has 0 saturated heterocycles. The van der Waals surface area contributed by atoms with E-state index in [1.54, 1.807) is 0 Å². The number of amides is 1. The lowest BCUT2D eigenvalue weighted by Gasteiger charge is -2.06. The molecule has 0 aliphatic carbocycles. The van der Waals surface area contributed by atoms with Crippen LogP contribution in [-0.2, 0) is 14.3 Å². The Kier molecular flexibility index (Phi) is 6.97. The molecular formula is C12H13ClN2O5S. The van der Waals surface area contributed by atoms with Crippen LogP contribution in [0.1, 0.15) is 6.42 Å². The van der Waals surface area contributed by atoms with E-state index >= 15 is 0 Å². The summed E-state index contributed by atoms with van der Waals surface area (Å²) in [5, 5.41) is 13.2. The standard InChI is InChI=1S/C12H13ClN2O5S/c1-20-12(17)4-5-21-7-11(16)14-10-3-2-8(15(18)19)6-9(10)13/h2-3,6H,4-5,7H2,1H3,(H,14,16). The number of methoxy groups -OCH3 is 1. The molecule has 7 nitrogen and oxygen atoms in total. The van der Waals surface area contributed by atoms with E-state index in [1.165, 1.54) is 37.1 Å². The van der Waals surface area contributed by atoms with Crippen molar-refractivity contribution >= 4 is 46.6 Å². The number of anilines is 1. The fourth-order valence-electron chi connectivity index (χ4n) is 1.33. The van der Waals surface area contributed by atoms with Crippen LogP contribution in [0.25, 0.3) is 0 Å². The quantitative estimate of drug-likeness (QED) is 0.356. The lowest BCUT2D eigenvalue weighted by molar-refractivity contribution is -0.384. The molecule has 0 atom stereocenters. The van der Waals surface area contributed by atoms with Crippen LogP contribution in [0.4, 0.5) is 11.4 Å². The van der Waals surface area contributed by atoms with Gasteiger partial charge < -0.3 is 10.1 Å². The summed E-state index contributed by atoms with van der Waals surface area (Å²) in [6, 6.07) is 3.80. The van der Waals surface area contributed by atoms with Gasteiger partial charge >= 0.3 is 5.97 Å². The molecule has 0 spiro atoms. The maximum atomic E-state index is 11.7. The van der Waals surface area contributed by atoms with E-state index in [9.17, 15) is 19.7 Å². The number of nitro benzene ring substituents is 1. The summed E-state index contributed by atoms with van der Waals surface area (Å²) in [4.78, 5) is 32.5. The summed E-state index contributed by atoms with van der Waals surface area (Å²) in [6.45, 7) is 0. The monoisotopic (exact) mass is 332 g/mol. The van der Waals surface area contributed by atoms with E-state index in [1.807, 2.05) is 0 Å². The molecule has 0 aliphatic rings. The van der Waals surface area contributed by atoms with Gasteiger partial charge in [-0.25, -0.2) is 0 Å². The first-order valence-electron chi connectivity index (χ1n) is 5.82. The van der Waals surface area contributed by atoms with Crippen molar-refractivity contribution in [1.82, 2.24) is 0 Å². The van der Waals surface area contributed by atoms with Crippen molar-refractivity contribution in [3.8, 4) is 0 Å². The van der Waals surface area contributed by atoms with E-state index in [0.29, 0.717) is 11.4 Å². The fraction of sp³-hybridized carbons (Fsp3) is 0.333. The van der Waals surface area contributed by atoms with E-state index < -0.39 is 4.92 Å². The molecule has 0 aliphatic heterocycles. The van der Waals surface area contributed by atoms with Crippen molar-refractivity contribution in [2.75, 3.05) is 23.9 Å². The maximum absolute atomic E-state index is 11.7. The summed E-state index contributed by atoms with van der Waals surface area (Å²) >= 11 is 7.13. The van der Waals surface area contributed by atoms with Crippen LogP contribution in [0.3, 0.4) is 0 Å². The number of nitro groups is 1. The molecular weight excluding hydrogens is 320 g/mol. The van der Waals surface area contributed by atoms with E-state index in [-0.39, 0.29) is 34.8 Å². The first-order chi connectivity index (χ1) is 9.93. The van der Waals surface area contributed by atoms with Gasteiger partial charge in [-0.3, -0.25) is 19.7 Å². The molecule has 114 valence electrons. The Morgan fingerprint density at radius 2 is 2.19 bits per heavy atom. The van der Waals surface area contributed by atoms with Crippen LogP contribution in [0.15, 0.2) is 18.2 Å². The number of hydrogen-bond donors (Lipinski definition) is 1. The number of carbonyl (C=O) groups is 2. The van der Waals surface area contributed by atoms with E-state index in [0.717, 1.165) is 0 Å². The zero-order valence-electron chi connectivity index (χ0n) is 11.1. The summed E-state index contributed by atoms with van der Waals surface area (Å²) in [6.07, 6.45) is 0.229. The number of halogens is 1. The number of benzene rings is 1. The Balaban J connectivity index is 2.44.